The number of ether oxygens (including phenoxy) is 2. The maximum Gasteiger partial charge on any atom is 0.303 e. The quantitative estimate of drug-likeness (QED) is 0.306. The first-order valence-corrected chi connectivity index (χ1v) is 13.8. The maximum atomic E-state index is 13.7. The molecule has 3 unspecified atom stereocenters. The van der Waals surface area contributed by atoms with E-state index in [4.69, 9.17) is 9.47 Å². The molecule has 38 heavy (non-hydrogen) atoms. The summed E-state index contributed by atoms with van der Waals surface area (Å²) in [5.74, 6) is 0.101. The van der Waals surface area contributed by atoms with Crippen molar-refractivity contribution in [3.05, 3.63) is 52.6 Å². The lowest BCUT2D eigenvalue weighted by Gasteiger charge is -2.55. The van der Waals surface area contributed by atoms with Gasteiger partial charge in [0, 0.05) is 45.1 Å². The third kappa shape index (κ3) is 4.10. The molecule has 4 aliphatic rings. The summed E-state index contributed by atoms with van der Waals surface area (Å²) in [4.78, 5) is 28.3. The van der Waals surface area contributed by atoms with E-state index < -0.39 is 17.0 Å². The van der Waals surface area contributed by atoms with Crippen molar-refractivity contribution in [1.82, 2.24) is 0 Å². The Morgan fingerprint density at radius 3 is 2.50 bits per heavy atom. The van der Waals surface area contributed by atoms with Crippen LogP contribution in [-0.4, -0.2) is 56.1 Å². The van der Waals surface area contributed by atoms with Gasteiger partial charge in [-0.25, -0.2) is 0 Å². The molecule has 4 aliphatic carbocycles. The number of carbonyl (C=O) groups excluding carboxylic acids is 2. The zero-order chi connectivity index (χ0) is 27.2. The van der Waals surface area contributed by atoms with Gasteiger partial charge >= 0.3 is 5.97 Å². The van der Waals surface area contributed by atoms with Crippen molar-refractivity contribution in [1.29, 1.82) is 0 Å². The smallest absolute Gasteiger partial charge is 0.303 e. The summed E-state index contributed by atoms with van der Waals surface area (Å²) in [6, 6.07) is 8.75. The number of Topliss-reactive ketones (excluding diaryl/α,β-unsaturated/α-hetero) is 1. The first-order chi connectivity index (χ1) is 18.1. The Hall–Kier alpha value is -2.93. The Kier molecular flexibility index (Phi) is 7.01. The van der Waals surface area contributed by atoms with Crippen molar-refractivity contribution in [3.63, 3.8) is 0 Å². The van der Waals surface area contributed by atoms with Gasteiger partial charge in [-0.3, -0.25) is 9.59 Å². The summed E-state index contributed by atoms with van der Waals surface area (Å²) in [6.07, 6.45) is 7.67. The van der Waals surface area contributed by atoms with Gasteiger partial charge in [0.1, 0.15) is 6.61 Å². The number of ketones is 1. The van der Waals surface area contributed by atoms with Gasteiger partial charge < -0.3 is 19.6 Å². The minimum Gasteiger partial charge on any atom is -0.451 e. The van der Waals surface area contributed by atoms with Crippen LogP contribution in [0.3, 0.4) is 0 Å². The number of methoxy groups -OCH3 is 1. The summed E-state index contributed by atoms with van der Waals surface area (Å²) < 4.78 is 11.4. The SMILES string of the molecule is COCC(=O)[C@]1(OC(C)=O)CCC2C3CCC4=C/C(=N\O)CCC4=C3C(c3ccc(N(C)C)cc3)C[C@@]21C. The first-order valence-electron chi connectivity index (χ1n) is 13.8. The average molecular weight is 521 g/mol. The summed E-state index contributed by atoms with van der Waals surface area (Å²) in [6.45, 7) is 3.53. The zero-order valence-electron chi connectivity index (χ0n) is 23.3. The van der Waals surface area contributed by atoms with Crippen LogP contribution in [0.15, 0.2) is 52.2 Å². The number of carbonyl (C=O) groups is 2. The third-order valence-electron chi connectivity index (χ3n) is 9.85. The highest BCUT2D eigenvalue weighted by Gasteiger charge is 2.68. The van der Waals surface area contributed by atoms with E-state index in [-0.39, 0.29) is 24.2 Å². The molecule has 0 heterocycles. The van der Waals surface area contributed by atoms with Gasteiger partial charge in [-0.1, -0.05) is 29.8 Å². The zero-order valence-corrected chi connectivity index (χ0v) is 23.3. The molecule has 0 aromatic heterocycles. The average Bonchev–Trinajstić information content (AvgIpc) is 3.20. The molecular formula is C31H40N2O5. The fourth-order valence-corrected chi connectivity index (χ4v) is 8.22. The molecule has 1 aromatic rings. The highest BCUT2D eigenvalue weighted by molar-refractivity contribution is 5.97. The van der Waals surface area contributed by atoms with E-state index in [1.807, 2.05) is 14.1 Å². The van der Waals surface area contributed by atoms with Gasteiger partial charge in [0.05, 0.1) is 5.71 Å². The van der Waals surface area contributed by atoms with Crippen molar-refractivity contribution < 1.29 is 24.3 Å². The molecule has 2 saturated carbocycles. The molecule has 0 spiro atoms. The molecule has 7 heteroatoms. The lowest BCUT2D eigenvalue weighted by Crippen LogP contribution is -2.58. The van der Waals surface area contributed by atoms with Crippen molar-refractivity contribution in [2.75, 3.05) is 32.7 Å². The number of oxime groups is 1. The number of benzene rings is 1. The van der Waals surface area contributed by atoms with E-state index in [0.29, 0.717) is 12.3 Å². The van der Waals surface area contributed by atoms with Crippen LogP contribution < -0.4 is 4.90 Å². The molecule has 0 amide bonds. The maximum absolute atomic E-state index is 13.7. The van der Waals surface area contributed by atoms with Gasteiger partial charge in [0.25, 0.3) is 0 Å². The Morgan fingerprint density at radius 1 is 1.13 bits per heavy atom. The summed E-state index contributed by atoms with van der Waals surface area (Å²) in [5.41, 5.74) is 5.59. The highest BCUT2D eigenvalue weighted by atomic mass is 16.6. The molecule has 0 radical (unpaired) electrons. The van der Waals surface area contributed by atoms with E-state index >= 15 is 0 Å². The molecule has 0 bridgehead atoms. The Morgan fingerprint density at radius 2 is 1.87 bits per heavy atom. The molecule has 2 fully saturated rings. The van der Waals surface area contributed by atoms with Crippen molar-refractivity contribution in [2.24, 2.45) is 22.4 Å². The van der Waals surface area contributed by atoms with E-state index in [1.54, 1.807) is 0 Å². The minimum atomic E-state index is -1.18. The topological polar surface area (TPSA) is 88.4 Å². The van der Waals surface area contributed by atoms with E-state index in [0.717, 1.165) is 49.9 Å². The number of hydrogen-bond acceptors (Lipinski definition) is 7. The molecule has 5 atom stereocenters. The predicted octanol–water partition coefficient (Wildman–Crippen LogP) is 5.43. The van der Waals surface area contributed by atoms with Crippen LogP contribution in [0.25, 0.3) is 0 Å². The van der Waals surface area contributed by atoms with Crippen LogP contribution in [-0.2, 0) is 19.1 Å². The molecule has 0 aliphatic heterocycles. The molecule has 204 valence electrons. The van der Waals surface area contributed by atoms with Gasteiger partial charge in [0.15, 0.2) is 5.60 Å². The fourth-order valence-electron chi connectivity index (χ4n) is 8.22. The molecule has 5 rings (SSSR count). The highest BCUT2D eigenvalue weighted by Crippen LogP contribution is 2.67. The van der Waals surface area contributed by atoms with Crippen LogP contribution in [0.5, 0.6) is 0 Å². The lowest BCUT2D eigenvalue weighted by atomic mass is 9.50. The van der Waals surface area contributed by atoms with E-state index in [1.165, 1.54) is 36.3 Å². The van der Waals surface area contributed by atoms with Crippen molar-refractivity contribution in [2.45, 2.75) is 70.3 Å². The minimum absolute atomic E-state index is 0.0629. The van der Waals surface area contributed by atoms with E-state index in [2.05, 4.69) is 47.3 Å². The molecule has 7 nitrogen and oxygen atoms in total. The number of hydrogen-bond donors (Lipinski definition) is 1. The second kappa shape index (κ2) is 9.99. The van der Waals surface area contributed by atoms with Crippen LogP contribution in [0.1, 0.15) is 70.3 Å². The first kappa shape index (κ1) is 26.7. The number of fused-ring (bicyclic) bond motifs is 4. The van der Waals surface area contributed by atoms with Crippen LogP contribution >= 0.6 is 0 Å². The van der Waals surface area contributed by atoms with Crippen LogP contribution in [0, 0.1) is 17.3 Å². The summed E-state index contributed by atoms with van der Waals surface area (Å²) >= 11 is 0. The number of nitrogens with zero attached hydrogens (tertiary/aromatic N) is 2. The summed E-state index contributed by atoms with van der Waals surface area (Å²) in [5, 5.41) is 12.9. The Bertz CT molecular complexity index is 1210. The molecule has 1 aromatic carbocycles. The monoisotopic (exact) mass is 520 g/mol. The predicted molar refractivity (Wildman–Crippen MR) is 147 cm³/mol. The molecule has 1 N–H and O–H groups in total. The fraction of sp³-hybridized carbons (Fsp3) is 0.581. The van der Waals surface area contributed by atoms with Gasteiger partial charge in [0.2, 0.25) is 5.78 Å². The van der Waals surface area contributed by atoms with Crippen molar-refractivity contribution in [3.8, 4) is 0 Å². The van der Waals surface area contributed by atoms with Crippen LogP contribution in [0.4, 0.5) is 5.69 Å². The Balaban J connectivity index is 1.68. The number of anilines is 1. The second-order valence-electron chi connectivity index (χ2n) is 11.9. The normalized spacial score (nSPS) is 33.2. The van der Waals surface area contributed by atoms with Crippen LogP contribution in [0.2, 0.25) is 0 Å². The van der Waals surface area contributed by atoms with E-state index in [9.17, 15) is 14.8 Å². The lowest BCUT2D eigenvalue weighted by molar-refractivity contribution is -0.185. The number of rotatable bonds is 6. The standard InChI is InChI=1S/C31H40N2O5/c1-19(34)38-31(28(35)18-37-5)15-14-27-25-12-8-21-16-22(32-36)9-13-24(21)29(25)26(17-30(27,31)2)20-6-10-23(11-7-20)33(3)4/h6-7,10-11,16,25-27,36H,8-9,12-15,17-18H2,1-5H3/b32-22-/t25?,26?,27?,30-,31+/m0/s1. The largest absolute Gasteiger partial charge is 0.451 e. The van der Waals surface area contributed by atoms with Gasteiger partial charge in [-0.05, 0) is 91.7 Å². The van der Waals surface area contributed by atoms with Crippen molar-refractivity contribution >= 4 is 23.2 Å². The third-order valence-corrected chi connectivity index (χ3v) is 9.85. The van der Waals surface area contributed by atoms with Gasteiger partial charge in [-0.15, -0.1) is 0 Å². The molecular weight excluding hydrogens is 480 g/mol. The number of allylic oxidation sites excluding steroid dienone is 4. The van der Waals surface area contributed by atoms with Gasteiger partial charge in [-0.2, -0.15) is 0 Å². The number of esters is 1. The summed E-state index contributed by atoms with van der Waals surface area (Å²) in [7, 11) is 5.60. The second-order valence-corrected chi connectivity index (χ2v) is 11.9. The molecule has 0 saturated heterocycles. The Labute approximate surface area is 225 Å².